The summed E-state index contributed by atoms with van der Waals surface area (Å²) >= 11 is 0. The second-order valence-corrected chi connectivity index (χ2v) is 15.0. The monoisotopic (exact) mass is 812 g/mol. The Bertz CT molecular complexity index is 2380. The minimum Gasteiger partial charge on any atom is -0.449 e. The maximum atomic E-state index is 14.7. The van der Waals surface area contributed by atoms with Crippen LogP contribution in [0.1, 0.15) is 45.7 Å². The number of carbonyl (C=O) groups excluding carboxylic acids is 5. The summed E-state index contributed by atoms with van der Waals surface area (Å²) in [7, 11) is 0. The molecule has 0 unspecified atom stereocenters. The third-order valence-corrected chi connectivity index (χ3v) is 11.2. The van der Waals surface area contributed by atoms with Crippen LogP contribution in [0, 0.1) is 0 Å². The summed E-state index contributed by atoms with van der Waals surface area (Å²) < 4.78 is 10.9. The molecule has 306 valence electrons. The number of nitrogens with zero attached hydrogens (tertiary/aromatic N) is 1. The fraction of sp³-hybridized carbons (Fsp3) is 0.180. The van der Waals surface area contributed by atoms with Crippen molar-refractivity contribution in [3.8, 4) is 11.1 Å². The van der Waals surface area contributed by atoms with Crippen molar-refractivity contribution >= 4 is 29.9 Å². The Labute approximate surface area is 353 Å². The van der Waals surface area contributed by atoms with E-state index in [4.69, 9.17) is 9.47 Å². The quantitative estimate of drug-likeness (QED) is 0.0997. The van der Waals surface area contributed by atoms with Crippen molar-refractivity contribution in [2.75, 3.05) is 19.8 Å². The molecule has 0 aromatic heterocycles. The highest BCUT2D eigenvalue weighted by atomic mass is 16.6. The van der Waals surface area contributed by atoms with Crippen molar-refractivity contribution in [2.45, 2.75) is 36.4 Å². The van der Waals surface area contributed by atoms with E-state index < -0.39 is 54.0 Å². The van der Waals surface area contributed by atoms with Gasteiger partial charge >= 0.3 is 12.2 Å². The van der Waals surface area contributed by atoms with E-state index in [1.54, 1.807) is 24.3 Å². The number of rotatable bonds is 14. The first-order valence-electron chi connectivity index (χ1n) is 20.2. The molecule has 61 heavy (non-hydrogen) atoms. The molecule has 0 bridgehead atoms. The largest absolute Gasteiger partial charge is 0.449 e. The fourth-order valence-corrected chi connectivity index (χ4v) is 8.32. The van der Waals surface area contributed by atoms with E-state index in [9.17, 15) is 24.0 Å². The van der Waals surface area contributed by atoms with E-state index in [0.29, 0.717) is 5.56 Å². The van der Waals surface area contributed by atoms with Gasteiger partial charge in [0.15, 0.2) is 0 Å². The van der Waals surface area contributed by atoms with Crippen LogP contribution in [-0.2, 0) is 35.8 Å². The maximum Gasteiger partial charge on any atom is 0.416 e. The lowest BCUT2D eigenvalue weighted by atomic mass is 9.77. The number of hydrogen-bond donors (Lipinski definition) is 3. The van der Waals surface area contributed by atoms with Crippen LogP contribution in [0.3, 0.4) is 0 Å². The normalized spacial score (nSPS) is 14.2. The third kappa shape index (κ3) is 8.63. The van der Waals surface area contributed by atoms with Crippen molar-refractivity contribution in [3.63, 3.8) is 0 Å². The Hall–Kier alpha value is -7.53. The lowest BCUT2D eigenvalue weighted by Crippen LogP contribution is -2.57. The second kappa shape index (κ2) is 18.2. The molecular weight excluding hydrogens is 769 g/mol. The average molecular weight is 813 g/mol. The maximum absolute atomic E-state index is 14.7. The summed E-state index contributed by atoms with van der Waals surface area (Å²) in [4.78, 5) is 70.4. The summed E-state index contributed by atoms with van der Waals surface area (Å²) in [5, 5.41) is 8.68. The molecule has 6 aromatic rings. The van der Waals surface area contributed by atoms with Crippen molar-refractivity contribution in [3.05, 3.63) is 203 Å². The van der Waals surface area contributed by atoms with Gasteiger partial charge in [0.25, 0.3) is 5.91 Å². The predicted octanol–water partition coefficient (Wildman–Crippen LogP) is 7.10. The van der Waals surface area contributed by atoms with E-state index in [1.807, 2.05) is 146 Å². The first-order chi connectivity index (χ1) is 29.8. The molecule has 0 spiro atoms. The summed E-state index contributed by atoms with van der Waals surface area (Å²) in [6.45, 7) is 0.00360. The summed E-state index contributed by atoms with van der Waals surface area (Å²) in [6.07, 6.45) is -2.26. The number of hydrogen-bond acceptors (Lipinski definition) is 7. The highest BCUT2D eigenvalue weighted by Gasteiger charge is 2.40. The number of imide groups is 1. The Balaban J connectivity index is 1.10. The highest BCUT2D eigenvalue weighted by Crippen LogP contribution is 2.44. The van der Waals surface area contributed by atoms with Crippen molar-refractivity contribution in [1.82, 2.24) is 20.9 Å². The van der Waals surface area contributed by atoms with Gasteiger partial charge in [0.1, 0.15) is 30.8 Å². The van der Waals surface area contributed by atoms with Gasteiger partial charge in [-0.25, -0.2) is 14.5 Å². The Morgan fingerprint density at radius 3 is 1.64 bits per heavy atom. The van der Waals surface area contributed by atoms with E-state index in [-0.39, 0.29) is 32.1 Å². The molecule has 3 N–H and O–H groups in total. The van der Waals surface area contributed by atoms with Crippen LogP contribution in [0.4, 0.5) is 9.59 Å². The smallest absolute Gasteiger partial charge is 0.416 e. The van der Waals surface area contributed by atoms with Crippen molar-refractivity contribution < 1.29 is 33.4 Å². The number of ether oxygens (including phenoxy) is 2. The highest BCUT2D eigenvalue weighted by molar-refractivity contribution is 5.99. The van der Waals surface area contributed by atoms with Gasteiger partial charge in [0, 0.05) is 12.3 Å². The molecule has 1 fully saturated rings. The van der Waals surface area contributed by atoms with Gasteiger partial charge in [-0.15, -0.1) is 0 Å². The van der Waals surface area contributed by atoms with Gasteiger partial charge in [-0.1, -0.05) is 170 Å². The topological polar surface area (TPSA) is 143 Å². The zero-order chi connectivity index (χ0) is 42.2. The van der Waals surface area contributed by atoms with E-state index >= 15 is 0 Å². The molecule has 5 amide bonds. The minimum atomic E-state index is -1.52. The van der Waals surface area contributed by atoms with Gasteiger partial charge < -0.3 is 25.4 Å². The average Bonchev–Trinajstić information content (AvgIpc) is 3.88. The Morgan fingerprint density at radius 1 is 0.639 bits per heavy atom. The van der Waals surface area contributed by atoms with Crippen LogP contribution >= 0.6 is 0 Å². The molecule has 0 radical (unpaired) electrons. The zero-order valence-corrected chi connectivity index (χ0v) is 33.2. The van der Waals surface area contributed by atoms with Gasteiger partial charge in [0.05, 0.1) is 13.0 Å². The third-order valence-electron chi connectivity index (χ3n) is 11.2. The van der Waals surface area contributed by atoms with Crippen LogP contribution in [0.2, 0.25) is 0 Å². The predicted molar refractivity (Wildman–Crippen MR) is 229 cm³/mol. The lowest BCUT2D eigenvalue weighted by Gasteiger charge is -2.37. The number of cyclic esters (lactones) is 1. The van der Waals surface area contributed by atoms with Gasteiger partial charge in [0.2, 0.25) is 11.8 Å². The molecule has 0 saturated carbocycles. The molecule has 1 heterocycles. The zero-order valence-electron chi connectivity index (χ0n) is 33.2. The molecule has 2 aliphatic rings. The standard InChI is InChI=1S/C50H44N4O7/c55-45(53-50(35-19-7-2-8-20-35,36-21-9-3-10-22-36)37-23-11-4-12-24-37)32-43(46(56)51-44(31-34-17-5-1-6-18-34)47(57)54-29-30-60-49(54)59)52-48(58)61-33-42-40-27-15-13-25-38(40)39-26-14-16-28-41(39)42/h1-28,42-44H,29-33H2,(H,51,56)(H,52,58)(H,53,55)/t43-,44-/m0/s1. The number of fused-ring (bicyclic) bond motifs is 3. The molecule has 1 saturated heterocycles. The van der Waals surface area contributed by atoms with E-state index in [2.05, 4.69) is 16.0 Å². The van der Waals surface area contributed by atoms with Crippen molar-refractivity contribution in [1.29, 1.82) is 0 Å². The molecule has 6 aromatic carbocycles. The van der Waals surface area contributed by atoms with Crippen LogP contribution in [0.5, 0.6) is 0 Å². The molecule has 8 rings (SSSR count). The summed E-state index contributed by atoms with van der Waals surface area (Å²) in [5.74, 6) is -2.34. The van der Waals surface area contributed by atoms with Crippen molar-refractivity contribution in [2.24, 2.45) is 0 Å². The van der Waals surface area contributed by atoms with Gasteiger partial charge in [-0.3, -0.25) is 14.4 Å². The van der Waals surface area contributed by atoms with E-state index in [0.717, 1.165) is 43.8 Å². The van der Waals surface area contributed by atoms with Gasteiger partial charge in [-0.05, 0) is 44.5 Å². The SMILES string of the molecule is O=C(C[C@H](NC(=O)OCC1c2ccccc2-c2ccccc21)C(=O)N[C@@H](Cc1ccccc1)C(=O)N1CCOC1=O)NC(c1ccccc1)(c1ccccc1)c1ccccc1. The van der Waals surface area contributed by atoms with Gasteiger partial charge in [-0.2, -0.15) is 0 Å². The second-order valence-electron chi connectivity index (χ2n) is 15.0. The molecule has 2 atom stereocenters. The molecule has 1 aliphatic heterocycles. The van der Waals surface area contributed by atoms with Crippen LogP contribution < -0.4 is 16.0 Å². The Morgan fingerprint density at radius 2 is 1.13 bits per heavy atom. The number of nitrogens with one attached hydrogen (secondary N) is 3. The number of alkyl carbamates (subject to hydrolysis) is 1. The summed E-state index contributed by atoms with van der Waals surface area (Å²) in [5.41, 5.74) is 5.90. The van der Waals surface area contributed by atoms with Crippen LogP contribution in [0.25, 0.3) is 11.1 Å². The molecule has 11 nitrogen and oxygen atoms in total. The van der Waals surface area contributed by atoms with E-state index in [1.165, 1.54) is 0 Å². The van der Waals surface area contributed by atoms with Crippen LogP contribution in [0.15, 0.2) is 170 Å². The molecule has 1 aliphatic carbocycles. The lowest BCUT2D eigenvalue weighted by molar-refractivity contribution is -0.135. The first kappa shape index (κ1) is 40.3. The number of benzene rings is 6. The molecular formula is C50H44N4O7. The molecule has 11 heteroatoms. The first-order valence-corrected chi connectivity index (χ1v) is 20.2. The fourth-order valence-electron chi connectivity index (χ4n) is 8.32. The Kier molecular flexibility index (Phi) is 12.0. The summed E-state index contributed by atoms with van der Waals surface area (Å²) in [6, 6.07) is 50.6. The number of amides is 5. The van der Waals surface area contributed by atoms with Crippen LogP contribution in [-0.4, -0.2) is 66.7 Å². The number of carbonyl (C=O) groups is 5. The minimum absolute atomic E-state index is 0.0171.